The predicted octanol–water partition coefficient (Wildman–Crippen LogP) is 1.32. The van der Waals surface area contributed by atoms with Crippen molar-refractivity contribution >= 4 is 17.3 Å². The van der Waals surface area contributed by atoms with E-state index in [9.17, 15) is 4.79 Å². The Morgan fingerprint density at radius 3 is 2.90 bits per heavy atom. The summed E-state index contributed by atoms with van der Waals surface area (Å²) < 4.78 is 0. The smallest absolute Gasteiger partial charge is 0.337 e. The molecule has 0 saturated carbocycles. The first-order valence-corrected chi connectivity index (χ1v) is 3.34. The maximum Gasteiger partial charge on any atom is 0.337 e. The highest BCUT2D eigenvalue weighted by Crippen LogP contribution is 2.14. The van der Waals surface area contributed by atoms with E-state index in [0.717, 1.165) is 11.3 Å². The van der Waals surface area contributed by atoms with Crippen LogP contribution >= 0.6 is 11.3 Å². The lowest BCUT2D eigenvalue weighted by Gasteiger charge is -1.84. The molecule has 0 saturated heterocycles. The van der Waals surface area contributed by atoms with Crippen LogP contribution in [0.25, 0.3) is 0 Å². The molecule has 0 aliphatic rings. The molecular weight excluding hydrogens is 150 g/mol. The van der Waals surface area contributed by atoms with Crippen LogP contribution in [0, 0.1) is 11.3 Å². The second kappa shape index (κ2) is 2.50. The molecule has 4 heteroatoms. The van der Waals surface area contributed by atoms with Gasteiger partial charge in [-0.1, -0.05) is 0 Å². The molecule has 1 aromatic heterocycles. The molecule has 0 unspecified atom stereocenters. The number of carboxylic acids is 1. The van der Waals surface area contributed by atoms with Gasteiger partial charge in [-0.15, -0.1) is 11.3 Å². The summed E-state index contributed by atoms with van der Waals surface area (Å²) in [5.41, 5.74) is 0.0903. The van der Waals surface area contributed by atoms with Gasteiger partial charge in [0.1, 0.15) is 10.9 Å². The van der Waals surface area contributed by atoms with Crippen molar-refractivity contribution < 1.29 is 9.90 Å². The molecule has 3 nitrogen and oxygen atoms in total. The Labute approximate surface area is 61.1 Å². The minimum Gasteiger partial charge on any atom is -0.478 e. The van der Waals surface area contributed by atoms with Gasteiger partial charge in [-0.2, -0.15) is 5.26 Å². The van der Waals surface area contributed by atoms with E-state index in [1.54, 1.807) is 11.4 Å². The number of nitriles is 1. The molecule has 10 heavy (non-hydrogen) atoms. The zero-order valence-corrected chi connectivity index (χ0v) is 5.68. The number of hydrogen-bond acceptors (Lipinski definition) is 3. The second-order valence-electron chi connectivity index (χ2n) is 1.58. The molecule has 0 atom stereocenters. The molecule has 0 aromatic carbocycles. The molecule has 0 bridgehead atoms. The molecule has 1 N–H and O–H groups in total. The molecule has 0 spiro atoms. The third kappa shape index (κ3) is 0.993. The molecular formula is C6H3NO2S. The van der Waals surface area contributed by atoms with Crippen LogP contribution in [0.2, 0.25) is 0 Å². The summed E-state index contributed by atoms with van der Waals surface area (Å²) in [6, 6.07) is 3.22. The normalized spacial score (nSPS) is 8.70. The first kappa shape index (κ1) is 6.78. The van der Waals surface area contributed by atoms with Crippen LogP contribution in [0.1, 0.15) is 15.2 Å². The van der Waals surface area contributed by atoms with Crippen molar-refractivity contribution in [1.29, 1.82) is 5.26 Å². The van der Waals surface area contributed by atoms with Gasteiger partial charge in [0.15, 0.2) is 0 Å². The Bertz CT molecular complexity index is 297. The summed E-state index contributed by atoms with van der Waals surface area (Å²) in [4.78, 5) is 10.6. The second-order valence-corrected chi connectivity index (χ2v) is 2.50. The van der Waals surface area contributed by atoms with Gasteiger partial charge in [-0.05, 0) is 11.4 Å². The Kier molecular flexibility index (Phi) is 1.69. The number of carboxylic acid groups (broad SMARTS) is 1. The lowest BCUT2D eigenvalue weighted by Crippen LogP contribution is -1.94. The molecule has 1 heterocycles. The van der Waals surface area contributed by atoms with E-state index in [4.69, 9.17) is 10.4 Å². The zero-order chi connectivity index (χ0) is 7.56. The van der Waals surface area contributed by atoms with Crippen LogP contribution in [0.3, 0.4) is 0 Å². The molecule has 0 amide bonds. The van der Waals surface area contributed by atoms with Crippen molar-refractivity contribution in [2.75, 3.05) is 0 Å². The Morgan fingerprint density at radius 1 is 1.80 bits per heavy atom. The fraction of sp³-hybridized carbons (Fsp3) is 0. The summed E-state index contributed by atoms with van der Waals surface area (Å²) in [6.45, 7) is 0. The van der Waals surface area contributed by atoms with Crippen molar-refractivity contribution in [3.05, 3.63) is 21.9 Å². The fourth-order valence-electron chi connectivity index (χ4n) is 0.564. The van der Waals surface area contributed by atoms with Crippen LogP contribution in [0.15, 0.2) is 11.4 Å². The zero-order valence-electron chi connectivity index (χ0n) is 4.87. The van der Waals surface area contributed by atoms with Gasteiger partial charge in [0.25, 0.3) is 0 Å². The van der Waals surface area contributed by atoms with Crippen molar-refractivity contribution in [1.82, 2.24) is 0 Å². The van der Waals surface area contributed by atoms with Crippen molar-refractivity contribution in [3.63, 3.8) is 0 Å². The number of carbonyl (C=O) groups is 1. The molecule has 1 aromatic rings. The molecule has 0 radical (unpaired) electrons. The Morgan fingerprint density at radius 2 is 2.50 bits per heavy atom. The molecule has 0 aliphatic carbocycles. The Balaban J connectivity index is 3.17. The van der Waals surface area contributed by atoms with Crippen LogP contribution in [0.4, 0.5) is 0 Å². The van der Waals surface area contributed by atoms with Crippen LogP contribution < -0.4 is 0 Å². The number of hydrogen-bond donors (Lipinski definition) is 1. The summed E-state index contributed by atoms with van der Waals surface area (Å²) in [5.74, 6) is -1.04. The van der Waals surface area contributed by atoms with E-state index >= 15 is 0 Å². The summed E-state index contributed by atoms with van der Waals surface area (Å²) in [7, 11) is 0. The van der Waals surface area contributed by atoms with Crippen molar-refractivity contribution in [2.24, 2.45) is 0 Å². The van der Waals surface area contributed by atoms with Gasteiger partial charge in [0.05, 0.1) is 5.56 Å². The maximum absolute atomic E-state index is 10.3. The van der Waals surface area contributed by atoms with Gasteiger partial charge < -0.3 is 5.11 Å². The number of rotatable bonds is 1. The SMILES string of the molecule is N#Cc1sccc1C(=O)O. The van der Waals surface area contributed by atoms with Crippen LogP contribution in [0.5, 0.6) is 0 Å². The quantitative estimate of drug-likeness (QED) is 0.661. The first-order valence-electron chi connectivity index (χ1n) is 2.46. The average molecular weight is 153 g/mol. The van der Waals surface area contributed by atoms with Gasteiger partial charge in [0, 0.05) is 0 Å². The average Bonchev–Trinajstić information content (AvgIpc) is 2.33. The van der Waals surface area contributed by atoms with E-state index in [2.05, 4.69) is 0 Å². The lowest BCUT2D eigenvalue weighted by molar-refractivity contribution is 0.0697. The molecule has 0 aliphatic heterocycles. The lowest BCUT2D eigenvalue weighted by atomic mass is 10.3. The first-order chi connectivity index (χ1) is 4.75. The van der Waals surface area contributed by atoms with E-state index < -0.39 is 5.97 Å². The van der Waals surface area contributed by atoms with Crippen LogP contribution in [-0.4, -0.2) is 11.1 Å². The number of thiophene rings is 1. The largest absolute Gasteiger partial charge is 0.478 e. The van der Waals surface area contributed by atoms with Crippen LogP contribution in [-0.2, 0) is 0 Å². The standard InChI is InChI=1S/C6H3NO2S/c7-3-5-4(6(8)9)1-2-10-5/h1-2H,(H,8,9). The third-order valence-electron chi connectivity index (χ3n) is 0.997. The summed E-state index contributed by atoms with van der Waals surface area (Å²) in [5, 5.41) is 18.4. The predicted molar refractivity (Wildman–Crippen MR) is 36.0 cm³/mol. The minimum absolute atomic E-state index is 0.0903. The van der Waals surface area contributed by atoms with Crippen molar-refractivity contribution in [2.45, 2.75) is 0 Å². The topological polar surface area (TPSA) is 61.1 Å². The number of nitrogens with zero attached hydrogens (tertiary/aromatic N) is 1. The van der Waals surface area contributed by atoms with E-state index in [1.807, 2.05) is 0 Å². The Hall–Kier alpha value is -1.34. The van der Waals surface area contributed by atoms with Gasteiger partial charge in [-0.25, -0.2) is 4.79 Å². The maximum atomic E-state index is 10.3. The highest BCUT2D eigenvalue weighted by Gasteiger charge is 2.09. The third-order valence-corrected chi connectivity index (χ3v) is 1.82. The summed E-state index contributed by atoms with van der Waals surface area (Å²) >= 11 is 1.14. The molecule has 50 valence electrons. The minimum atomic E-state index is -1.04. The fourth-order valence-corrected chi connectivity index (χ4v) is 1.24. The number of aromatic carboxylic acids is 1. The molecule has 1 rings (SSSR count). The monoisotopic (exact) mass is 153 g/mol. The van der Waals surface area contributed by atoms with E-state index in [1.165, 1.54) is 6.07 Å². The van der Waals surface area contributed by atoms with E-state index in [0.29, 0.717) is 0 Å². The van der Waals surface area contributed by atoms with E-state index in [-0.39, 0.29) is 10.4 Å². The highest BCUT2D eigenvalue weighted by molar-refractivity contribution is 7.10. The summed E-state index contributed by atoms with van der Waals surface area (Å²) in [6.07, 6.45) is 0. The van der Waals surface area contributed by atoms with Crippen molar-refractivity contribution in [3.8, 4) is 6.07 Å². The highest BCUT2D eigenvalue weighted by atomic mass is 32.1. The molecule has 0 fully saturated rings. The van der Waals surface area contributed by atoms with Gasteiger partial charge in [-0.3, -0.25) is 0 Å². The van der Waals surface area contributed by atoms with Gasteiger partial charge >= 0.3 is 5.97 Å². The van der Waals surface area contributed by atoms with Gasteiger partial charge in [0.2, 0.25) is 0 Å².